The van der Waals surface area contributed by atoms with E-state index in [4.69, 9.17) is 0 Å². The summed E-state index contributed by atoms with van der Waals surface area (Å²) in [6.07, 6.45) is -4.76. The lowest BCUT2D eigenvalue weighted by Gasteiger charge is -2.43. The Morgan fingerprint density at radius 3 is 2.22 bits per heavy atom. The van der Waals surface area contributed by atoms with Crippen LogP contribution in [-0.4, -0.2) is 24.0 Å². The van der Waals surface area contributed by atoms with Crippen LogP contribution in [0.1, 0.15) is 31.9 Å². The first-order valence-electron chi connectivity index (χ1n) is 8.56. The minimum Gasteiger partial charge on any atom is -0.305 e. The van der Waals surface area contributed by atoms with E-state index in [1.54, 1.807) is 54.3 Å². The molecule has 0 radical (unpaired) electrons. The average molecular weight is 376 g/mol. The molecule has 4 nitrogen and oxygen atoms in total. The Morgan fingerprint density at radius 1 is 1.04 bits per heavy atom. The summed E-state index contributed by atoms with van der Waals surface area (Å²) in [6.45, 7) is 2.99. The van der Waals surface area contributed by atoms with Crippen LogP contribution in [-0.2, 0) is 9.59 Å². The van der Waals surface area contributed by atoms with Crippen molar-refractivity contribution in [2.75, 3.05) is 9.80 Å². The van der Waals surface area contributed by atoms with Gasteiger partial charge in [-0.05, 0) is 37.1 Å². The van der Waals surface area contributed by atoms with Crippen LogP contribution in [0.5, 0.6) is 0 Å². The lowest BCUT2D eigenvalue weighted by atomic mass is 9.90. The second-order valence-electron chi connectivity index (χ2n) is 6.56. The molecule has 0 bridgehead atoms. The van der Waals surface area contributed by atoms with E-state index in [-0.39, 0.29) is 18.0 Å². The molecule has 142 valence electrons. The molecule has 2 atom stereocenters. The Balaban J connectivity index is 2.11. The third-order valence-corrected chi connectivity index (χ3v) is 4.71. The molecule has 2 aromatic rings. The summed E-state index contributed by atoms with van der Waals surface area (Å²) in [6, 6.07) is 14.2. The number of amides is 2. The molecule has 2 aromatic carbocycles. The number of carbonyl (C=O) groups excluding carboxylic acids is 2. The van der Waals surface area contributed by atoms with Crippen LogP contribution in [0.2, 0.25) is 0 Å². The highest BCUT2D eigenvalue weighted by Crippen LogP contribution is 2.43. The van der Waals surface area contributed by atoms with Gasteiger partial charge in [0.15, 0.2) is 0 Å². The fourth-order valence-corrected chi connectivity index (χ4v) is 3.64. The third kappa shape index (κ3) is 3.54. The van der Waals surface area contributed by atoms with Crippen LogP contribution < -0.4 is 9.80 Å². The summed E-state index contributed by atoms with van der Waals surface area (Å²) in [5, 5.41) is 0. The molecular formula is C20H19F3N2O2. The van der Waals surface area contributed by atoms with Gasteiger partial charge in [0.1, 0.15) is 0 Å². The minimum absolute atomic E-state index is 0.186. The number of rotatable bonds is 2. The highest BCUT2D eigenvalue weighted by atomic mass is 19.4. The number of hydrogen-bond acceptors (Lipinski definition) is 2. The maximum atomic E-state index is 13.1. The minimum atomic E-state index is -4.96. The van der Waals surface area contributed by atoms with E-state index < -0.39 is 24.2 Å². The van der Waals surface area contributed by atoms with Gasteiger partial charge in [-0.15, -0.1) is 0 Å². The highest BCUT2D eigenvalue weighted by Gasteiger charge is 2.48. The summed E-state index contributed by atoms with van der Waals surface area (Å²) >= 11 is 0. The molecule has 0 N–H and O–H groups in total. The fraction of sp³-hybridized carbons (Fsp3) is 0.300. The van der Waals surface area contributed by atoms with Gasteiger partial charge in [-0.2, -0.15) is 13.2 Å². The van der Waals surface area contributed by atoms with Crippen molar-refractivity contribution in [3.63, 3.8) is 0 Å². The Hall–Kier alpha value is -2.83. The number of carbonyl (C=O) groups is 2. The molecule has 0 aliphatic carbocycles. The van der Waals surface area contributed by atoms with Crippen LogP contribution >= 0.6 is 0 Å². The lowest BCUT2D eigenvalue weighted by Crippen LogP contribution is -2.51. The molecule has 1 aliphatic rings. The molecule has 0 saturated carbocycles. The molecular weight excluding hydrogens is 357 g/mol. The smallest absolute Gasteiger partial charge is 0.305 e. The van der Waals surface area contributed by atoms with Crippen molar-refractivity contribution < 1.29 is 22.8 Å². The molecule has 27 heavy (non-hydrogen) atoms. The van der Waals surface area contributed by atoms with Gasteiger partial charge < -0.3 is 9.80 Å². The quantitative estimate of drug-likeness (QED) is 0.776. The Kier molecular flexibility index (Phi) is 4.95. The van der Waals surface area contributed by atoms with Gasteiger partial charge in [0.2, 0.25) is 5.91 Å². The normalized spacial score (nSPS) is 19.4. The largest absolute Gasteiger partial charge is 0.471 e. The van der Waals surface area contributed by atoms with Crippen LogP contribution in [0.25, 0.3) is 0 Å². The van der Waals surface area contributed by atoms with Crippen molar-refractivity contribution in [1.82, 2.24) is 0 Å². The van der Waals surface area contributed by atoms with E-state index in [0.717, 1.165) is 4.90 Å². The van der Waals surface area contributed by atoms with Crippen molar-refractivity contribution in [1.29, 1.82) is 0 Å². The molecule has 0 unspecified atom stereocenters. The predicted octanol–water partition coefficient (Wildman–Crippen LogP) is 4.47. The second-order valence-corrected chi connectivity index (χ2v) is 6.56. The summed E-state index contributed by atoms with van der Waals surface area (Å²) in [5.74, 6) is -2.11. The number of nitrogens with zero attached hydrogens (tertiary/aromatic N) is 2. The number of benzene rings is 2. The second kappa shape index (κ2) is 7.06. The zero-order valence-corrected chi connectivity index (χ0v) is 14.9. The Labute approximate surface area is 155 Å². The molecule has 0 spiro atoms. The first kappa shape index (κ1) is 18.9. The van der Waals surface area contributed by atoms with Gasteiger partial charge in [-0.3, -0.25) is 9.59 Å². The van der Waals surface area contributed by atoms with Crippen LogP contribution in [0.3, 0.4) is 0 Å². The molecule has 7 heteroatoms. The Morgan fingerprint density at radius 2 is 1.63 bits per heavy atom. The van der Waals surface area contributed by atoms with Gasteiger partial charge in [-0.25, -0.2) is 0 Å². The van der Waals surface area contributed by atoms with Gasteiger partial charge in [-0.1, -0.05) is 36.4 Å². The molecule has 2 amide bonds. The zero-order valence-electron chi connectivity index (χ0n) is 14.9. The maximum Gasteiger partial charge on any atom is 0.471 e. The highest BCUT2D eigenvalue weighted by molar-refractivity contribution is 6.00. The lowest BCUT2D eigenvalue weighted by molar-refractivity contribution is -0.171. The van der Waals surface area contributed by atoms with Crippen molar-refractivity contribution in [3.05, 3.63) is 60.2 Å². The zero-order chi connectivity index (χ0) is 19.8. The van der Waals surface area contributed by atoms with Gasteiger partial charge in [0.05, 0.1) is 6.04 Å². The number of alkyl halides is 3. The van der Waals surface area contributed by atoms with Crippen LogP contribution in [0.15, 0.2) is 54.6 Å². The summed E-state index contributed by atoms with van der Waals surface area (Å²) in [5.41, 5.74) is 1.37. The molecule has 1 heterocycles. The molecule has 3 rings (SSSR count). The van der Waals surface area contributed by atoms with Gasteiger partial charge in [0, 0.05) is 24.3 Å². The number of anilines is 2. The monoisotopic (exact) mass is 376 g/mol. The number of halogens is 3. The molecule has 0 aromatic heterocycles. The van der Waals surface area contributed by atoms with Crippen molar-refractivity contribution in [2.24, 2.45) is 0 Å². The van der Waals surface area contributed by atoms with Crippen LogP contribution in [0, 0.1) is 0 Å². The van der Waals surface area contributed by atoms with Gasteiger partial charge in [0.25, 0.3) is 0 Å². The van der Waals surface area contributed by atoms with E-state index in [9.17, 15) is 22.8 Å². The number of para-hydroxylation sites is 2. The topological polar surface area (TPSA) is 40.6 Å². The standard InChI is InChI=1S/C20H19F3N2O2/c1-13-12-18(25(14(2)26)15-8-4-3-5-9-15)16-10-6-7-11-17(16)24(13)19(27)20(21,22)23/h3-11,13,18H,12H2,1-2H3/t13-,18+/m1/s1. The summed E-state index contributed by atoms with van der Waals surface area (Å²) < 4.78 is 39.3. The SMILES string of the molecule is CC(=O)N(c1ccccc1)[C@H]1C[C@@H](C)N(C(=O)C(F)(F)F)c2ccccc21. The first-order chi connectivity index (χ1) is 12.7. The first-order valence-corrected chi connectivity index (χ1v) is 8.56. The number of hydrogen-bond donors (Lipinski definition) is 0. The van der Waals surface area contributed by atoms with E-state index in [1.807, 2.05) is 6.07 Å². The van der Waals surface area contributed by atoms with E-state index in [1.165, 1.54) is 13.0 Å². The predicted molar refractivity (Wildman–Crippen MR) is 96.4 cm³/mol. The van der Waals surface area contributed by atoms with E-state index >= 15 is 0 Å². The van der Waals surface area contributed by atoms with E-state index in [2.05, 4.69) is 0 Å². The van der Waals surface area contributed by atoms with Crippen LogP contribution in [0.4, 0.5) is 24.5 Å². The third-order valence-electron chi connectivity index (χ3n) is 4.71. The molecule has 1 aliphatic heterocycles. The van der Waals surface area contributed by atoms with E-state index in [0.29, 0.717) is 11.3 Å². The fourth-order valence-electron chi connectivity index (χ4n) is 3.64. The molecule has 0 fully saturated rings. The molecule has 0 saturated heterocycles. The van der Waals surface area contributed by atoms with Gasteiger partial charge >= 0.3 is 12.1 Å². The maximum absolute atomic E-state index is 13.1. The van der Waals surface area contributed by atoms with Crippen molar-refractivity contribution in [2.45, 2.75) is 38.5 Å². The summed E-state index contributed by atoms with van der Waals surface area (Å²) in [7, 11) is 0. The summed E-state index contributed by atoms with van der Waals surface area (Å²) in [4.78, 5) is 26.8. The van der Waals surface area contributed by atoms with Crippen molar-refractivity contribution >= 4 is 23.2 Å². The average Bonchev–Trinajstić information content (AvgIpc) is 2.61. The number of fused-ring (bicyclic) bond motifs is 1. The van der Waals surface area contributed by atoms with Crippen molar-refractivity contribution in [3.8, 4) is 0 Å². The Bertz CT molecular complexity index is 852.